The number of carboxylic acid groups (broad SMARTS) is 1. The van der Waals surface area contributed by atoms with Crippen LogP contribution in [0.3, 0.4) is 0 Å². The molecule has 0 saturated heterocycles. The number of H-pyrrole nitrogens is 1. The van der Waals surface area contributed by atoms with Crippen molar-refractivity contribution >= 4 is 17.6 Å². The van der Waals surface area contributed by atoms with Crippen molar-refractivity contribution in [1.29, 1.82) is 0 Å². The molecule has 1 heterocycles. The summed E-state index contributed by atoms with van der Waals surface area (Å²) in [6.45, 7) is 0. The number of rotatable bonds is 3. The molecule has 17 heavy (non-hydrogen) atoms. The fourth-order valence-electron chi connectivity index (χ4n) is 1.42. The third kappa shape index (κ3) is 2.62. The molecule has 6 heteroatoms. The van der Waals surface area contributed by atoms with Crippen LogP contribution in [-0.2, 0) is 11.2 Å². The molecule has 2 N–H and O–H groups in total. The second kappa shape index (κ2) is 4.55. The van der Waals surface area contributed by atoms with Crippen molar-refractivity contribution in [3.8, 4) is 11.3 Å². The molecule has 0 bridgehead atoms. The lowest BCUT2D eigenvalue weighted by molar-refractivity contribution is -0.136. The monoisotopic (exact) mass is 254 g/mol. The first-order valence-electron chi connectivity index (χ1n) is 4.78. The molecule has 4 nitrogen and oxygen atoms in total. The number of halogens is 2. The Labute approximate surface area is 101 Å². The van der Waals surface area contributed by atoms with Gasteiger partial charge in [-0.25, -0.2) is 4.39 Å². The van der Waals surface area contributed by atoms with Gasteiger partial charge in [-0.15, -0.1) is 0 Å². The maximum absolute atomic E-state index is 13.0. The minimum atomic E-state index is -0.947. The summed E-state index contributed by atoms with van der Waals surface area (Å²) in [5.74, 6) is -1.45. The van der Waals surface area contributed by atoms with E-state index in [9.17, 15) is 9.18 Å². The molecule has 0 aliphatic carbocycles. The van der Waals surface area contributed by atoms with Crippen LogP contribution in [0.4, 0.5) is 4.39 Å². The smallest absolute Gasteiger partial charge is 0.309 e. The van der Waals surface area contributed by atoms with Crippen LogP contribution in [0.2, 0.25) is 5.02 Å². The van der Waals surface area contributed by atoms with Gasteiger partial charge in [-0.2, -0.15) is 5.10 Å². The number of benzene rings is 1. The molecular weight excluding hydrogens is 247 g/mol. The first-order chi connectivity index (χ1) is 8.06. The lowest BCUT2D eigenvalue weighted by Gasteiger charge is -1.97. The van der Waals surface area contributed by atoms with Gasteiger partial charge in [-0.3, -0.25) is 9.89 Å². The molecule has 1 aromatic carbocycles. The number of nitrogens with zero attached hydrogens (tertiary/aromatic N) is 1. The number of hydrogen-bond donors (Lipinski definition) is 2. The zero-order valence-corrected chi connectivity index (χ0v) is 9.33. The Bertz CT molecular complexity index is 568. The van der Waals surface area contributed by atoms with Gasteiger partial charge in [0.05, 0.1) is 17.1 Å². The van der Waals surface area contributed by atoms with E-state index < -0.39 is 11.8 Å². The van der Waals surface area contributed by atoms with Crippen LogP contribution in [0, 0.1) is 5.82 Å². The topological polar surface area (TPSA) is 66.0 Å². The third-order valence-electron chi connectivity index (χ3n) is 2.19. The second-order valence-corrected chi connectivity index (χ2v) is 3.89. The number of carbonyl (C=O) groups is 1. The molecule has 0 radical (unpaired) electrons. The summed E-state index contributed by atoms with van der Waals surface area (Å²) in [7, 11) is 0. The van der Waals surface area contributed by atoms with Gasteiger partial charge < -0.3 is 5.11 Å². The van der Waals surface area contributed by atoms with E-state index >= 15 is 0 Å². The lowest BCUT2D eigenvalue weighted by Crippen LogP contribution is -1.99. The van der Waals surface area contributed by atoms with E-state index in [1.54, 1.807) is 6.07 Å². The summed E-state index contributed by atoms with van der Waals surface area (Å²) in [5, 5.41) is 15.2. The van der Waals surface area contributed by atoms with Gasteiger partial charge in [0.1, 0.15) is 5.82 Å². The van der Waals surface area contributed by atoms with E-state index in [-0.39, 0.29) is 11.4 Å². The third-order valence-corrected chi connectivity index (χ3v) is 2.48. The fourth-order valence-corrected chi connectivity index (χ4v) is 1.60. The lowest BCUT2D eigenvalue weighted by atomic mass is 10.1. The standard InChI is InChI=1S/C11H8ClFN2O2/c12-8-3-6(1-2-9(8)13)10-4-7(14-15-10)5-11(16)17/h1-4H,5H2,(H,14,15)(H,16,17). The average Bonchev–Trinajstić information content (AvgIpc) is 2.69. The van der Waals surface area contributed by atoms with Crippen LogP contribution in [0.15, 0.2) is 24.3 Å². The number of aliphatic carboxylic acids is 1. The van der Waals surface area contributed by atoms with Crippen molar-refractivity contribution in [2.75, 3.05) is 0 Å². The summed E-state index contributed by atoms with van der Waals surface area (Å²) in [6, 6.07) is 5.81. The Morgan fingerprint density at radius 1 is 1.47 bits per heavy atom. The second-order valence-electron chi connectivity index (χ2n) is 3.48. The van der Waals surface area contributed by atoms with E-state index in [1.807, 2.05) is 0 Å². The van der Waals surface area contributed by atoms with Gasteiger partial charge in [0.2, 0.25) is 0 Å². The molecule has 0 saturated carbocycles. The molecule has 0 unspecified atom stereocenters. The highest BCUT2D eigenvalue weighted by Crippen LogP contribution is 2.23. The van der Waals surface area contributed by atoms with Gasteiger partial charge in [-0.05, 0) is 24.3 Å². The van der Waals surface area contributed by atoms with Crippen LogP contribution in [-0.4, -0.2) is 21.3 Å². The van der Waals surface area contributed by atoms with Gasteiger partial charge >= 0.3 is 5.97 Å². The maximum Gasteiger partial charge on any atom is 0.309 e. The highest BCUT2D eigenvalue weighted by atomic mass is 35.5. The Hall–Kier alpha value is -1.88. The molecule has 1 aromatic heterocycles. The van der Waals surface area contributed by atoms with Crippen molar-refractivity contribution in [3.05, 3.63) is 40.8 Å². The summed E-state index contributed by atoms with van der Waals surface area (Å²) in [4.78, 5) is 10.5. The molecule has 2 rings (SSSR count). The highest BCUT2D eigenvalue weighted by molar-refractivity contribution is 6.31. The van der Waals surface area contributed by atoms with Gasteiger partial charge in [0.15, 0.2) is 0 Å². The Morgan fingerprint density at radius 2 is 2.24 bits per heavy atom. The van der Waals surface area contributed by atoms with E-state index in [2.05, 4.69) is 10.2 Å². The largest absolute Gasteiger partial charge is 0.481 e. The zero-order valence-electron chi connectivity index (χ0n) is 8.58. The molecule has 0 aliphatic rings. The summed E-state index contributed by atoms with van der Waals surface area (Å²) < 4.78 is 13.0. The Balaban J connectivity index is 2.30. The molecule has 0 spiro atoms. The van der Waals surface area contributed by atoms with Crippen LogP contribution in [0.25, 0.3) is 11.3 Å². The van der Waals surface area contributed by atoms with E-state index in [0.29, 0.717) is 17.0 Å². The Kier molecular flexibility index (Phi) is 3.10. The first kappa shape index (κ1) is 11.6. The molecule has 0 atom stereocenters. The SMILES string of the molecule is O=C(O)Cc1cc(-c2ccc(F)c(Cl)c2)n[nH]1. The maximum atomic E-state index is 13.0. The van der Waals surface area contributed by atoms with E-state index in [0.717, 1.165) is 0 Å². The van der Waals surface area contributed by atoms with Gasteiger partial charge in [0.25, 0.3) is 0 Å². The number of nitrogens with one attached hydrogen (secondary N) is 1. The van der Waals surface area contributed by atoms with E-state index in [1.165, 1.54) is 18.2 Å². The molecule has 0 aliphatic heterocycles. The minimum absolute atomic E-state index is 0.00489. The van der Waals surface area contributed by atoms with Crippen LogP contribution < -0.4 is 0 Å². The van der Waals surface area contributed by atoms with Crippen LogP contribution in [0.1, 0.15) is 5.69 Å². The Morgan fingerprint density at radius 3 is 2.88 bits per heavy atom. The molecule has 88 valence electrons. The van der Waals surface area contributed by atoms with Crippen molar-refractivity contribution in [3.63, 3.8) is 0 Å². The highest BCUT2D eigenvalue weighted by Gasteiger charge is 2.08. The van der Waals surface area contributed by atoms with Crippen molar-refractivity contribution in [2.45, 2.75) is 6.42 Å². The van der Waals surface area contributed by atoms with Crippen LogP contribution in [0.5, 0.6) is 0 Å². The molecule has 0 amide bonds. The fraction of sp³-hybridized carbons (Fsp3) is 0.0909. The van der Waals surface area contributed by atoms with Gasteiger partial charge in [0, 0.05) is 11.3 Å². The predicted molar refractivity (Wildman–Crippen MR) is 60.3 cm³/mol. The summed E-state index contributed by atoms with van der Waals surface area (Å²) >= 11 is 5.65. The molecular formula is C11H8ClFN2O2. The number of hydrogen-bond acceptors (Lipinski definition) is 2. The van der Waals surface area contributed by atoms with Crippen molar-refractivity contribution in [1.82, 2.24) is 10.2 Å². The quantitative estimate of drug-likeness (QED) is 0.884. The predicted octanol–water partition coefficient (Wildman–Crippen LogP) is 2.50. The van der Waals surface area contributed by atoms with Crippen LogP contribution >= 0.6 is 11.6 Å². The minimum Gasteiger partial charge on any atom is -0.481 e. The summed E-state index contributed by atoms with van der Waals surface area (Å²) in [6.07, 6.45) is -0.137. The average molecular weight is 255 g/mol. The normalized spacial score (nSPS) is 10.5. The van der Waals surface area contributed by atoms with Gasteiger partial charge in [-0.1, -0.05) is 11.6 Å². The number of aromatic nitrogens is 2. The van der Waals surface area contributed by atoms with E-state index in [4.69, 9.17) is 16.7 Å². The molecule has 2 aromatic rings. The van der Waals surface area contributed by atoms with Crippen molar-refractivity contribution in [2.24, 2.45) is 0 Å². The zero-order chi connectivity index (χ0) is 12.4. The molecule has 0 fully saturated rings. The number of carboxylic acids is 1. The first-order valence-corrected chi connectivity index (χ1v) is 5.15. The number of aromatic amines is 1. The van der Waals surface area contributed by atoms with Crippen molar-refractivity contribution < 1.29 is 14.3 Å². The summed E-state index contributed by atoms with van der Waals surface area (Å²) in [5.41, 5.74) is 1.64.